The third-order valence-corrected chi connectivity index (χ3v) is 3.24. The number of nitriles is 2. The van der Waals surface area contributed by atoms with Crippen molar-refractivity contribution in [3.63, 3.8) is 0 Å². The lowest BCUT2D eigenvalue weighted by Crippen LogP contribution is -2.09. The Balaban J connectivity index is 2.33. The average molecular weight is 277 g/mol. The number of ether oxygens (including phenoxy) is 1. The van der Waals surface area contributed by atoms with Crippen molar-refractivity contribution >= 4 is 5.69 Å². The van der Waals surface area contributed by atoms with Gasteiger partial charge in [-0.05, 0) is 36.8 Å². The van der Waals surface area contributed by atoms with Crippen LogP contribution in [0.2, 0.25) is 0 Å². The standard InChI is InChI=1S/C17H15N3O/c1-12(14-6-3-5-13(9-14)10-18)20-17-15(11-19)7-4-8-16(17)21-2/h3-9,12,20H,1-2H3. The molecule has 1 unspecified atom stereocenters. The first-order valence-electron chi connectivity index (χ1n) is 6.53. The monoisotopic (exact) mass is 277 g/mol. The first-order valence-corrected chi connectivity index (χ1v) is 6.53. The van der Waals surface area contributed by atoms with Crippen LogP contribution in [0, 0.1) is 22.7 Å². The van der Waals surface area contributed by atoms with Crippen LogP contribution in [0.5, 0.6) is 5.75 Å². The predicted octanol–water partition coefficient (Wildman–Crippen LogP) is 3.61. The first-order chi connectivity index (χ1) is 10.2. The van der Waals surface area contributed by atoms with Gasteiger partial charge in [-0.2, -0.15) is 10.5 Å². The van der Waals surface area contributed by atoms with Crippen LogP contribution in [-0.2, 0) is 0 Å². The summed E-state index contributed by atoms with van der Waals surface area (Å²) in [4.78, 5) is 0. The molecule has 4 heteroatoms. The minimum Gasteiger partial charge on any atom is -0.495 e. The first kappa shape index (κ1) is 14.4. The van der Waals surface area contributed by atoms with Crippen molar-refractivity contribution in [3.05, 3.63) is 59.2 Å². The van der Waals surface area contributed by atoms with E-state index in [0.29, 0.717) is 22.6 Å². The summed E-state index contributed by atoms with van der Waals surface area (Å²) in [5.41, 5.74) is 2.78. The van der Waals surface area contributed by atoms with Crippen molar-refractivity contribution in [2.75, 3.05) is 12.4 Å². The number of benzene rings is 2. The topological polar surface area (TPSA) is 68.8 Å². The third-order valence-electron chi connectivity index (χ3n) is 3.24. The molecule has 2 rings (SSSR count). The molecule has 1 N–H and O–H groups in total. The molecule has 0 saturated heterocycles. The van der Waals surface area contributed by atoms with E-state index in [1.165, 1.54) is 0 Å². The Labute approximate surface area is 124 Å². The lowest BCUT2D eigenvalue weighted by Gasteiger charge is -2.19. The normalized spacial score (nSPS) is 11.0. The van der Waals surface area contributed by atoms with Gasteiger partial charge in [0.15, 0.2) is 0 Å². The van der Waals surface area contributed by atoms with Gasteiger partial charge in [0.2, 0.25) is 0 Å². The Morgan fingerprint density at radius 3 is 2.52 bits per heavy atom. The van der Waals surface area contributed by atoms with Gasteiger partial charge < -0.3 is 10.1 Å². The molecule has 104 valence electrons. The molecule has 0 fully saturated rings. The van der Waals surface area contributed by atoms with E-state index in [1.54, 1.807) is 25.3 Å². The molecular formula is C17H15N3O. The molecule has 2 aromatic carbocycles. The predicted molar refractivity (Wildman–Crippen MR) is 80.9 cm³/mol. The second kappa shape index (κ2) is 6.45. The van der Waals surface area contributed by atoms with Gasteiger partial charge >= 0.3 is 0 Å². The fourth-order valence-electron chi connectivity index (χ4n) is 2.12. The molecule has 21 heavy (non-hydrogen) atoms. The minimum atomic E-state index is -0.0540. The Morgan fingerprint density at radius 1 is 1.10 bits per heavy atom. The van der Waals surface area contributed by atoms with E-state index in [-0.39, 0.29) is 6.04 Å². The molecule has 0 aliphatic heterocycles. The van der Waals surface area contributed by atoms with Crippen molar-refractivity contribution < 1.29 is 4.74 Å². The number of hydrogen-bond donors (Lipinski definition) is 1. The summed E-state index contributed by atoms with van der Waals surface area (Å²) in [6.45, 7) is 1.98. The van der Waals surface area contributed by atoms with E-state index in [4.69, 9.17) is 10.00 Å². The number of rotatable bonds is 4. The fraction of sp³-hybridized carbons (Fsp3) is 0.176. The number of hydrogen-bond acceptors (Lipinski definition) is 4. The number of nitrogens with one attached hydrogen (secondary N) is 1. The van der Waals surface area contributed by atoms with Crippen LogP contribution in [0.15, 0.2) is 42.5 Å². The maximum atomic E-state index is 9.22. The smallest absolute Gasteiger partial charge is 0.143 e. The summed E-state index contributed by atoms with van der Waals surface area (Å²) in [6.07, 6.45) is 0. The van der Waals surface area contributed by atoms with Crippen LogP contribution < -0.4 is 10.1 Å². The van der Waals surface area contributed by atoms with E-state index in [1.807, 2.05) is 31.2 Å². The molecule has 0 saturated carbocycles. The van der Waals surface area contributed by atoms with E-state index >= 15 is 0 Å². The highest BCUT2D eigenvalue weighted by atomic mass is 16.5. The highest BCUT2D eigenvalue weighted by Crippen LogP contribution is 2.31. The van der Waals surface area contributed by atoms with Crippen LogP contribution >= 0.6 is 0 Å². The summed E-state index contributed by atoms with van der Waals surface area (Å²) >= 11 is 0. The lowest BCUT2D eigenvalue weighted by atomic mass is 10.0. The Morgan fingerprint density at radius 2 is 1.86 bits per heavy atom. The molecule has 0 heterocycles. The third kappa shape index (κ3) is 3.13. The minimum absolute atomic E-state index is 0.0540. The molecule has 1 atom stereocenters. The van der Waals surface area contributed by atoms with Gasteiger partial charge in [0, 0.05) is 6.04 Å². The van der Waals surface area contributed by atoms with Crippen LogP contribution in [0.3, 0.4) is 0 Å². The molecule has 0 aliphatic carbocycles. The fourth-order valence-corrected chi connectivity index (χ4v) is 2.12. The number of methoxy groups -OCH3 is 1. The van der Waals surface area contributed by atoms with Crippen molar-refractivity contribution in [2.24, 2.45) is 0 Å². The molecule has 0 aromatic heterocycles. The summed E-state index contributed by atoms with van der Waals surface area (Å²) in [5, 5.41) is 21.5. The number of anilines is 1. The highest BCUT2D eigenvalue weighted by molar-refractivity contribution is 5.67. The molecular weight excluding hydrogens is 262 g/mol. The molecule has 0 aliphatic rings. The van der Waals surface area contributed by atoms with Gasteiger partial charge in [-0.25, -0.2) is 0 Å². The van der Waals surface area contributed by atoms with Gasteiger partial charge in [0.05, 0.1) is 30.0 Å². The van der Waals surface area contributed by atoms with E-state index in [9.17, 15) is 5.26 Å². The summed E-state index contributed by atoms with van der Waals surface area (Å²) < 4.78 is 5.30. The summed E-state index contributed by atoms with van der Waals surface area (Å²) in [7, 11) is 1.57. The van der Waals surface area contributed by atoms with E-state index < -0.39 is 0 Å². The Bertz CT molecular complexity index is 726. The molecule has 0 amide bonds. The number of para-hydroxylation sites is 1. The average Bonchev–Trinajstić information content (AvgIpc) is 2.54. The van der Waals surface area contributed by atoms with Crippen molar-refractivity contribution in [1.29, 1.82) is 10.5 Å². The quantitative estimate of drug-likeness (QED) is 0.926. The molecule has 0 radical (unpaired) electrons. The van der Waals surface area contributed by atoms with E-state index in [2.05, 4.69) is 17.5 Å². The summed E-state index contributed by atoms with van der Waals surface area (Å²) in [5.74, 6) is 0.623. The van der Waals surface area contributed by atoms with Crippen LogP contribution in [0.1, 0.15) is 29.7 Å². The van der Waals surface area contributed by atoms with Crippen molar-refractivity contribution in [2.45, 2.75) is 13.0 Å². The maximum absolute atomic E-state index is 9.22. The Kier molecular flexibility index (Phi) is 4.43. The Hall–Kier alpha value is -2.98. The second-order valence-corrected chi connectivity index (χ2v) is 4.60. The zero-order valence-corrected chi connectivity index (χ0v) is 11.9. The SMILES string of the molecule is COc1cccc(C#N)c1NC(C)c1cccc(C#N)c1. The van der Waals surface area contributed by atoms with Crippen LogP contribution in [0.4, 0.5) is 5.69 Å². The molecule has 2 aromatic rings. The number of nitrogens with zero attached hydrogens (tertiary/aromatic N) is 2. The summed E-state index contributed by atoms with van der Waals surface area (Å²) in [6, 6.07) is 16.9. The van der Waals surface area contributed by atoms with Gasteiger partial charge in [0.1, 0.15) is 11.8 Å². The van der Waals surface area contributed by atoms with E-state index in [0.717, 1.165) is 5.56 Å². The van der Waals surface area contributed by atoms with Gasteiger partial charge in [-0.3, -0.25) is 0 Å². The van der Waals surface area contributed by atoms with Crippen molar-refractivity contribution in [1.82, 2.24) is 0 Å². The lowest BCUT2D eigenvalue weighted by molar-refractivity contribution is 0.416. The molecule has 4 nitrogen and oxygen atoms in total. The van der Waals surface area contributed by atoms with Gasteiger partial charge in [-0.1, -0.05) is 18.2 Å². The molecule has 0 spiro atoms. The molecule has 0 bridgehead atoms. The van der Waals surface area contributed by atoms with Crippen molar-refractivity contribution in [3.8, 4) is 17.9 Å². The zero-order valence-electron chi connectivity index (χ0n) is 11.9. The van der Waals surface area contributed by atoms with Crippen LogP contribution in [0.25, 0.3) is 0 Å². The second-order valence-electron chi connectivity index (χ2n) is 4.60. The van der Waals surface area contributed by atoms with Crippen LogP contribution in [-0.4, -0.2) is 7.11 Å². The largest absolute Gasteiger partial charge is 0.495 e. The maximum Gasteiger partial charge on any atom is 0.143 e. The van der Waals surface area contributed by atoms with Gasteiger partial charge in [0.25, 0.3) is 0 Å². The van der Waals surface area contributed by atoms with Gasteiger partial charge in [-0.15, -0.1) is 0 Å². The highest BCUT2D eigenvalue weighted by Gasteiger charge is 2.13. The zero-order chi connectivity index (χ0) is 15.2.